The first kappa shape index (κ1) is 16.1. The van der Waals surface area contributed by atoms with Gasteiger partial charge in [-0.2, -0.15) is 11.8 Å². The van der Waals surface area contributed by atoms with Crippen LogP contribution in [0, 0.1) is 0 Å². The van der Waals surface area contributed by atoms with Gasteiger partial charge in [0.15, 0.2) is 0 Å². The first-order valence-corrected chi connectivity index (χ1v) is 7.86. The molecule has 0 aromatic carbocycles. The van der Waals surface area contributed by atoms with Gasteiger partial charge in [0.25, 0.3) is 0 Å². The van der Waals surface area contributed by atoms with E-state index in [0.29, 0.717) is 13.0 Å². The second kappa shape index (κ2) is 7.62. The molecule has 0 radical (unpaired) electrons. The number of thioether (sulfide) groups is 1. The number of unbranched alkanes of at least 4 members (excludes halogenated alkanes) is 1. The van der Waals surface area contributed by atoms with Crippen LogP contribution in [-0.4, -0.2) is 40.2 Å². The summed E-state index contributed by atoms with van der Waals surface area (Å²) in [6.45, 7) is 4.72. The molecule has 1 unspecified atom stereocenters. The Morgan fingerprint density at radius 1 is 1.47 bits per heavy atom. The van der Waals surface area contributed by atoms with E-state index >= 15 is 0 Å². The number of hydrogen-bond acceptors (Lipinski definition) is 3. The van der Waals surface area contributed by atoms with Crippen LogP contribution in [0.1, 0.15) is 46.0 Å². The van der Waals surface area contributed by atoms with Crippen LogP contribution in [0.2, 0.25) is 0 Å². The first-order chi connectivity index (χ1) is 8.97. The van der Waals surface area contributed by atoms with Gasteiger partial charge in [0.05, 0.1) is 0 Å². The number of aliphatic carboxylic acids is 1. The van der Waals surface area contributed by atoms with Crippen molar-refractivity contribution in [2.75, 3.05) is 12.3 Å². The molecule has 0 aromatic rings. The smallest absolute Gasteiger partial charge is 0.326 e. The summed E-state index contributed by atoms with van der Waals surface area (Å²) in [5.74, 6) is 0.165. The third-order valence-electron chi connectivity index (χ3n) is 3.37. The summed E-state index contributed by atoms with van der Waals surface area (Å²) in [6.07, 6.45) is 4.47. The molecule has 0 spiro atoms. The Morgan fingerprint density at radius 2 is 2.21 bits per heavy atom. The molecule has 6 heteroatoms. The number of carbonyl (C=O) groups is 2. The lowest BCUT2D eigenvalue weighted by atomic mass is 10.1. The fourth-order valence-corrected chi connectivity index (χ4v) is 3.36. The lowest BCUT2D eigenvalue weighted by molar-refractivity contribution is -0.139. The van der Waals surface area contributed by atoms with Crippen LogP contribution in [0.15, 0.2) is 0 Å². The zero-order chi connectivity index (χ0) is 14.3. The molecule has 0 bridgehead atoms. The summed E-state index contributed by atoms with van der Waals surface area (Å²) >= 11 is 1.87. The van der Waals surface area contributed by atoms with Crippen LogP contribution in [-0.2, 0) is 4.79 Å². The van der Waals surface area contributed by atoms with Crippen molar-refractivity contribution in [2.45, 2.75) is 56.7 Å². The van der Waals surface area contributed by atoms with Gasteiger partial charge in [0.2, 0.25) is 0 Å². The maximum atomic E-state index is 11.7. The van der Waals surface area contributed by atoms with E-state index < -0.39 is 12.0 Å². The third-order valence-corrected chi connectivity index (χ3v) is 4.91. The number of carboxylic acid groups (broad SMARTS) is 1. The van der Waals surface area contributed by atoms with Gasteiger partial charge in [-0.3, -0.25) is 0 Å². The first-order valence-electron chi connectivity index (χ1n) is 6.88. The maximum Gasteiger partial charge on any atom is 0.326 e. The summed E-state index contributed by atoms with van der Waals surface area (Å²) in [5.41, 5.74) is 0. The summed E-state index contributed by atoms with van der Waals surface area (Å²) in [5, 5.41) is 14.4. The standard InChI is InChI=1S/C13H24N2O3S/c1-3-4-6-10(11(16)17)15-12(18)14-9-13(2)7-5-8-19-13/h10H,3-9H2,1-2H3,(H,16,17)(H2,14,15,18)/t10-,13?/m0/s1. The molecule has 1 aliphatic heterocycles. The molecular formula is C13H24N2O3S. The molecule has 1 heterocycles. The predicted molar refractivity (Wildman–Crippen MR) is 77.6 cm³/mol. The van der Waals surface area contributed by atoms with Crippen molar-refractivity contribution >= 4 is 23.8 Å². The highest BCUT2D eigenvalue weighted by Crippen LogP contribution is 2.36. The van der Waals surface area contributed by atoms with E-state index in [1.165, 1.54) is 6.42 Å². The number of amides is 2. The van der Waals surface area contributed by atoms with E-state index in [-0.39, 0.29) is 10.8 Å². The lowest BCUT2D eigenvalue weighted by Gasteiger charge is -2.23. The Morgan fingerprint density at radius 3 is 2.74 bits per heavy atom. The second-order valence-electron chi connectivity index (χ2n) is 5.26. The molecule has 1 fully saturated rings. The normalized spacial score (nSPS) is 23.9. The van der Waals surface area contributed by atoms with E-state index in [1.54, 1.807) is 0 Å². The van der Waals surface area contributed by atoms with Gasteiger partial charge in [-0.1, -0.05) is 19.8 Å². The topological polar surface area (TPSA) is 78.4 Å². The van der Waals surface area contributed by atoms with Gasteiger partial charge in [-0.25, -0.2) is 9.59 Å². The number of hydrogen-bond donors (Lipinski definition) is 3. The van der Waals surface area contributed by atoms with Crippen molar-refractivity contribution in [3.05, 3.63) is 0 Å². The third kappa shape index (κ3) is 5.72. The molecular weight excluding hydrogens is 264 g/mol. The zero-order valence-electron chi connectivity index (χ0n) is 11.7. The summed E-state index contributed by atoms with van der Waals surface area (Å²) < 4.78 is 0.0967. The fraction of sp³-hybridized carbons (Fsp3) is 0.846. The van der Waals surface area contributed by atoms with E-state index in [2.05, 4.69) is 17.6 Å². The highest BCUT2D eigenvalue weighted by atomic mass is 32.2. The molecule has 19 heavy (non-hydrogen) atoms. The van der Waals surface area contributed by atoms with E-state index in [1.807, 2.05) is 18.7 Å². The van der Waals surface area contributed by atoms with Crippen molar-refractivity contribution in [3.63, 3.8) is 0 Å². The number of carbonyl (C=O) groups excluding carboxylic acids is 1. The predicted octanol–water partition coefficient (Wildman–Crippen LogP) is 2.21. The van der Waals surface area contributed by atoms with Crippen LogP contribution in [0.4, 0.5) is 4.79 Å². The van der Waals surface area contributed by atoms with Crippen molar-refractivity contribution in [1.29, 1.82) is 0 Å². The van der Waals surface area contributed by atoms with Gasteiger partial charge >= 0.3 is 12.0 Å². The molecule has 0 aromatic heterocycles. The molecule has 1 rings (SSSR count). The van der Waals surface area contributed by atoms with Gasteiger partial charge in [0.1, 0.15) is 6.04 Å². The average molecular weight is 288 g/mol. The minimum atomic E-state index is -0.968. The maximum absolute atomic E-state index is 11.7. The lowest BCUT2D eigenvalue weighted by Crippen LogP contribution is -2.48. The molecule has 2 atom stereocenters. The van der Waals surface area contributed by atoms with E-state index in [9.17, 15) is 9.59 Å². The average Bonchev–Trinajstić information content (AvgIpc) is 2.79. The fourth-order valence-electron chi connectivity index (χ4n) is 2.12. The van der Waals surface area contributed by atoms with Crippen LogP contribution in [0.25, 0.3) is 0 Å². The molecule has 5 nitrogen and oxygen atoms in total. The Hall–Kier alpha value is -0.910. The van der Waals surface area contributed by atoms with Crippen LogP contribution < -0.4 is 10.6 Å². The Balaban J connectivity index is 2.33. The van der Waals surface area contributed by atoms with Crippen molar-refractivity contribution in [3.8, 4) is 0 Å². The van der Waals surface area contributed by atoms with Crippen molar-refractivity contribution < 1.29 is 14.7 Å². The van der Waals surface area contributed by atoms with Crippen molar-refractivity contribution in [1.82, 2.24) is 10.6 Å². The quantitative estimate of drug-likeness (QED) is 0.671. The van der Waals surface area contributed by atoms with Gasteiger partial charge in [-0.05, 0) is 31.9 Å². The minimum Gasteiger partial charge on any atom is -0.480 e. The van der Waals surface area contributed by atoms with E-state index in [0.717, 1.165) is 25.0 Å². The summed E-state index contributed by atoms with van der Waals surface area (Å²) in [7, 11) is 0. The molecule has 0 aliphatic carbocycles. The van der Waals surface area contributed by atoms with Gasteiger partial charge in [0, 0.05) is 11.3 Å². The van der Waals surface area contributed by atoms with Crippen LogP contribution in [0.5, 0.6) is 0 Å². The summed E-state index contributed by atoms with van der Waals surface area (Å²) in [6, 6.07) is -1.17. The monoisotopic (exact) mass is 288 g/mol. The Kier molecular flexibility index (Phi) is 6.48. The molecule has 0 saturated carbocycles. The second-order valence-corrected chi connectivity index (χ2v) is 6.94. The van der Waals surface area contributed by atoms with Gasteiger partial charge in [-0.15, -0.1) is 0 Å². The molecule has 3 N–H and O–H groups in total. The van der Waals surface area contributed by atoms with Crippen LogP contribution in [0.3, 0.4) is 0 Å². The molecule has 1 aliphatic rings. The van der Waals surface area contributed by atoms with Crippen molar-refractivity contribution in [2.24, 2.45) is 0 Å². The van der Waals surface area contributed by atoms with Gasteiger partial charge < -0.3 is 15.7 Å². The van der Waals surface area contributed by atoms with Crippen LogP contribution >= 0.6 is 11.8 Å². The molecule has 110 valence electrons. The largest absolute Gasteiger partial charge is 0.480 e. The summed E-state index contributed by atoms with van der Waals surface area (Å²) in [4.78, 5) is 22.7. The molecule has 2 amide bonds. The SMILES string of the molecule is CCCC[C@H](NC(=O)NCC1(C)CCCS1)C(=O)O. The Labute approximate surface area is 118 Å². The highest BCUT2D eigenvalue weighted by molar-refractivity contribution is 8.00. The Bertz CT molecular complexity index is 317. The minimum absolute atomic E-state index is 0.0967. The number of urea groups is 1. The highest BCUT2D eigenvalue weighted by Gasteiger charge is 2.30. The molecule has 1 saturated heterocycles. The number of rotatable bonds is 7. The number of nitrogens with one attached hydrogen (secondary N) is 2. The number of carboxylic acids is 1. The van der Waals surface area contributed by atoms with E-state index in [4.69, 9.17) is 5.11 Å². The zero-order valence-corrected chi connectivity index (χ0v) is 12.5.